The zero-order valence-corrected chi connectivity index (χ0v) is 11.1. The molecule has 0 spiro atoms. The van der Waals surface area contributed by atoms with Crippen LogP contribution in [0.5, 0.6) is 0 Å². The van der Waals surface area contributed by atoms with Gasteiger partial charge in [-0.3, -0.25) is 4.79 Å². The molecule has 5 nitrogen and oxygen atoms in total. The quantitative estimate of drug-likeness (QED) is 0.761. The maximum atomic E-state index is 11.7. The number of aryl methyl sites for hydroxylation is 1. The highest BCUT2D eigenvalue weighted by atomic mass is 16.5. The molecule has 18 heavy (non-hydrogen) atoms. The van der Waals surface area contributed by atoms with Crippen molar-refractivity contribution in [2.45, 2.75) is 39.5 Å². The summed E-state index contributed by atoms with van der Waals surface area (Å²) in [5.74, 6) is -0.767. The van der Waals surface area contributed by atoms with Crippen LogP contribution in [-0.4, -0.2) is 22.5 Å². The van der Waals surface area contributed by atoms with Gasteiger partial charge in [0.2, 0.25) is 0 Å². The van der Waals surface area contributed by atoms with Gasteiger partial charge in [-0.25, -0.2) is 9.97 Å². The molecule has 5 heteroatoms. The normalized spacial score (nSPS) is 12.0. The molecule has 0 aliphatic rings. The van der Waals surface area contributed by atoms with E-state index in [0.29, 0.717) is 11.5 Å². The van der Waals surface area contributed by atoms with Gasteiger partial charge in [-0.05, 0) is 19.9 Å². The van der Waals surface area contributed by atoms with Gasteiger partial charge >= 0.3 is 5.97 Å². The number of ether oxygens (including phenoxy) is 1. The van der Waals surface area contributed by atoms with Crippen molar-refractivity contribution in [3.05, 3.63) is 23.3 Å². The minimum absolute atomic E-state index is 0.144. The third-order valence-electron chi connectivity index (χ3n) is 2.35. The summed E-state index contributed by atoms with van der Waals surface area (Å²) < 4.78 is 4.87. The third-order valence-corrected chi connectivity index (χ3v) is 2.35. The largest absolute Gasteiger partial charge is 0.465 e. The Morgan fingerprint density at radius 3 is 2.67 bits per heavy atom. The second-order valence-corrected chi connectivity index (χ2v) is 4.26. The van der Waals surface area contributed by atoms with E-state index in [1.807, 2.05) is 26.8 Å². The lowest BCUT2D eigenvalue weighted by Crippen LogP contribution is -2.17. The number of nitrogens with zero attached hydrogens (tertiary/aromatic N) is 3. The molecule has 0 amide bonds. The fourth-order valence-electron chi connectivity index (χ4n) is 1.49. The van der Waals surface area contributed by atoms with Crippen LogP contribution < -0.4 is 0 Å². The zero-order chi connectivity index (χ0) is 13.7. The highest BCUT2D eigenvalue weighted by Gasteiger charge is 2.24. The first-order valence-corrected chi connectivity index (χ1v) is 5.91. The predicted molar refractivity (Wildman–Crippen MR) is 65.8 cm³/mol. The molecule has 1 unspecified atom stereocenters. The Labute approximate surface area is 107 Å². The van der Waals surface area contributed by atoms with Gasteiger partial charge in [-0.1, -0.05) is 13.8 Å². The minimum atomic E-state index is -0.982. The molecule has 0 N–H and O–H groups in total. The number of hydrogen-bond acceptors (Lipinski definition) is 5. The molecular formula is C13H17N3O2. The lowest BCUT2D eigenvalue weighted by atomic mass is 10.1. The summed E-state index contributed by atoms with van der Waals surface area (Å²) in [5, 5.41) is 9.09. The molecule has 0 bridgehead atoms. The van der Waals surface area contributed by atoms with Crippen molar-refractivity contribution in [1.29, 1.82) is 5.26 Å². The van der Waals surface area contributed by atoms with Crippen molar-refractivity contribution in [3.8, 4) is 6.07 Å². The van der Waals surface area contributed by atoms with Gasteiger partial charge in [-0.2, -0.15) is 5.26 Å². The lowest BCUT2D eigenvalue weighted by molar-refractivity contribution is -0.143. The van der Waals surface area contributed by atoms with Crippen LogP contribution >= 0.6 is 0 Å². The Kier molecular flexibility index (Phi) is 4.78. The van der Waals surface area contributed by atoms with Crippen molar-refractivity contribution in [3.63, 3.8) is 0 Å². The van der Waals surface area contributed by atoms with E-state index in [9.17, 15) is 4.79 Å². The van der Waals surface area contributed by atoms with E-state index in [2.05, 4.69) is 9.97 Å². The standard InChI is InChI=1S/C13H17N3O2/c1-5-18-13(17)10(7-14)11-6-9(4)15-12(16-11)8(2)3/h6,8,10H,5H2,1-4H3. The Morgan fingerprint density at radius 1 is 1.50 bits per heavy atom. The summed E-state index contributed by atoms with van der Waals surface area (Å²) in [4.78, 5) is 20.2. The molecule has 0 saturated carbocycles. The number of carbonyl (C=O) groups is 1. The molecule has 0 aromatic carbocycles. The van der Waals surface area contributed by atoms with Crippen molar-refractivity contribution >= 4 is 5.97 Å². The third kappa shape index (κ3) is 3.27. The molecule has 1 aromatic heterocycles. The molecule has 0 aliphatic carbocycles. The fourth-order valence-corrected chi connectivity index (χ4v) is 1.49. The predicted octanol–water partition coefficient (Wildman–Crippen LogP) is 2.08. The number of esters is 1. The minimum Gasteiger partial charge on any atom is -0.465 e. The van der Waals surface area contributed by atoms with Crippen LogP contribution in [0.2, 0.25) is 0 Å². The van der Waals surface area contributed by atoms with E-state index in [-0.39, 0.29) is 12.5 Å². The van der Waals surface area contributed by atoms with Gasteiger partial charge in [0.1, 0.15) is 5.82 Å². The van der Waals surface area contributed by atoms with E-state index in [0.717, 1.165) is 5.69 Å². The zero-order valence-electron chi connectivity index (χ0n) is 11.1. The van der Waals surface area contributed by atoms with Gasteiger partial charge in [0.05, 0.1) is 18.4 Å². The van der Waals surface area contributed by atoms with Gasteiger partial charge in [0, 0.05) is 11.6 Å². The van der Waals surface area contributed by atoms with E-state index in [1.54, 1.807) is 13.0 Å². The van der Waals surface area contributed by atoms with Gasteiger partial charge in [-0.15, -0.1) is 0 Å². The molecule has 96 valence electrons. The van der Waals surface area contributed by atoms with Crippen LogP contribution in [0.15, 0.2) is 6.07 Å². The van der Waals surface area contributed by atoms with E-state index in [4.69, 9.17) is 10.00 Å². The smallest absolute Gasteiger partial charge is 0.329 e. The van der Waals surface area contributed by atoms with Crippen LogP contribution in [0.25, 0.3) is 0 Å². The summed E-state index contributed by atoms with van der Waals surface area (Å²) in [6.07, 6.45) is 0. The second kappa shape index (κ2) is 6.10. The summed E-state index contributed by atoms with van der Waals surface area (Å²) in [7, 11) is 0. The maximum Gasteiger partial charge on any atom is 0.329 e. The lowest BCUT2D eigenvalue weighted by Gasteiger charge is -2.11. The van der Waals surface area contributed by atoms with Crippen molar-refractivity contribution in [2.75, 3.05) is 6.61 Å². The number of carbonyl (C=O) groups excluding carboxylic acids is 1. The molecule has 1 aromatic rings. The summed E-state index contributed by atoms with van der Waals surface area (Å²) in [6.45, 7) is 7.69. The fraction of sp³-hybridized carbons (Fsp3) is 0.538. The van der Waals surface area contributed by atoms with Gasteiger partial charge < -0.3 is 4.74 Å². The van der Waals surface area contributed by atoms with Crippen LogP contribution in [0.3, 0.4) is 0 Å². The highest BCUT2D eigenvalue weighted by Crippen LogP contribution is 2.18. The Hall–Kier alpha value is -1.96. The average Bonchev–Trinajstić information content (AvgIpc) is 2.29. The Morgan fingerprint density at radius 2 is 2.17 bits per heavy atom. The topological polar surface area (TPSA) is 75.9 Å². The van der Waals surface area contributed by atoms with Crippen LogP contribution in [0.1, 0.15) is 49.8 Å². The molecule has 1 heterocycles. The molecule has 0 aliphatic heterocycles. The Balaban J connectivity index is 3.14. The highest BCUT2D eigenvalue weighted by molar-refractivity contribution is 5.80. The molecule has 1 atom stereocenters. The number of nitriles is 1. The first-order chi connectivity index (χ1) is 8.49. The van der Waals surface area contributed by atoms with E-state index >= 15 is 0 Å². The van der Waals surface area contributed by atoms with E-state index in [1.165, 1.54) is 0 Å². The molecule has 1 rings (SSSR count). The summed E-state index contributed by atoms with van der Waals surface area (Å²) in [6, 6.07) is 3.58. The summed E-state index contributed by atoms with van der Waals surface area (Å²) >= 11 is 0. The van der Waals surface area contributed by atoms with Crippen LogP contribution in [-0.2, 0) is 9.53 Å². The SMILES string of the molecule is CCOC(=O)C(C#N)c1cc(C)nc(C(C)C)n1. The van der Waals surface area contributed by atoms with E-state index < -0.39 is 11.9 Å². The molecular weight excluding hydrogens is 230 g/mol. The van der Waals surface area contributed by atoms with Crippen molar-refractivity contribution < 1.29 is 9.53 Å². The monoisotopic (exact) mass is 247 g/mol. The van der Waals surface area contributed by atoms with Crippen LogP contribution in [0.4, 0.5) is 0 Å². The van der Waals surface area contributed by atoms with Crippen molar-refractivity contribution in [1.82, 2.24) is 9.97 Å². The second-order valence-electron chi connectivity index (χ2n) is 4.26. The maximum absolute atomic E-state index is 11.7. The average molecular weight is 247 g/mol. The van der Waals surface area contributed by atoms with Crippen LogP contribution in [0, 0.1) is 18.3 Å². The van der Waals surface area contributed by atoms with Gasteiger partial charge in [0.15, 0.2) is 5.92 Å². The molecule has 0 radical (unpaired) electrons. The van der Waals surface area contributed by atoms with Gasteiger partial charge in [0.25, 0.3) is 0 Å². The Bertz CT molecular complexity index is 478. The number of rotatable bonds is 4. The molecule has 0 saturated heterocycles. The first-order valence-electron chi connectivity index (χ1n) is 5.91. The summed E-state index contributed by atoms with van der Waals surface area (Å²) in [5.41, 5.74) is 1.15. The first kappa shape index (κ1) is 14.1. The number of aromatic nitrogens is 2. The van der Waals surface area contributed by atoms with Crippen molar-refractivity contribution in [2.24, 2.45) is 0 Å². The molecule has 0 fully saturated rings. The number of hydrogen-bond donors (Lipinski definition) is 0.